The fourth-order valence-corrected chi connectivity index (χ4v) is 3.22. The Kier molecular flexibility index (Phi) is 13.9. The van der Waals surface area contributed by atoms with Crippen LogP contribution in [0.4, 0.5) is 0 Å². The highest BCUT2D eigenvalue weighted by atomic mass is 32.1. The van der Waals surface area contributed by atoms with Gasteiger partial charge < -0.3 is 14.2 Å². The van der Waals surface area contributed by atoms with Gasteiger partial charge >= 0.3 is 0 Å². The van der Waals surface area contributed by atoms with Crippen molar-refractivity contribution in [2.75, 3.05) is 32.2 Å². The van der Waals surface area contributed by atoms with E-state index in [-0.39, 0.29) is 20.7 Å². The van der Waals surface area contributed by atoms with Crippen molar-refractivity contribution in [3.8, 4) is 0 Å². The quantitative estimate of drug-likeness (QED) is 0.248. The molecule has 0 aliphatic heterocycles. The third kappa shape index (κ3) is 11.6. The Morgan fingerprint density at radius 2 is 1.82 bits per heavy atom. The largest absolute Gasteiger partial charge is 0.380 e. The van der Waals surface area contributed by atoms with Gasteiger partial charge in [-0.1, -0.05) is 6.04 Å². The fourth-order valence-electron chi connectivity index (χ4n) is 1.37. The molecule has 0 aliphatic rings. The third-order valence-corrected chi connectivity index (χ3v) is 5.12. The van der Waals surface area contributed by atoms with Crippen molar-refractivity contribution < 1.29 is 14.2 Å². The van der Waals surface area contributed by atoms with Crippen molar-refractivity contribution in [2.45, 2.75) is 37.5 Å². The predicted octanol–water partition coefficient (Wildman–Crippen LogP) is 1.56. The van der Waals surface area contributed by atoms with Gasteiger partial charge in [0.05, 0.1) is 16.1 Å². The predicted molar refractivity (Wildman–Crippen MR) is 82.5 cm³/mol. The summed E-state index contributed by atoms with van der Waals surface area (Å²) < 4.78 is 16.5. The van der Waals surface area contributed by atoms with Gasteiger partial charge in [-0.2, -0.15) is 25.3 Å². The molecule has 1 atom stereocenters. The first-order chi connectivity index (χ1) is 8.24. The highest BCUT2D eigenvalue weighted by Gasteiger charge is 2.07. The standard InChI is InChI=1S/C11H26O3S2Si/c1-3-13-11(14-4-2)17-7-5-6-12-8-10(16)9-15/h10-11,15-16H,3-9,17H2,1-2H3. The summed E-state index contributed by atoms with van der Waals surface area (Å²) in [7, 11) is -0.308. The van der Waals surface area contributed by atoms with Gasteiger partial charge in [0.1, 0.15) is 5.91 Å². The zero-order chi connectivity index (χ0) is 12.9. The lowest BCUT2D eigenvalue weighted by atomic mass is 10.5. The lowest BCUT2D eigenvalue weighted by Gasteiger charge is -2.16. The van der Waals surface area contributed by atoms with Crippen LogP contribution in [0.3, 0.4) is 0 Å². The summed E-state index contributed by atoms with van der Waals surface area (Å²) in [5.74, 6) is 0.842. The van der Waals surface area contributed by atoms with Crippen LogP contribution in [0.15, 0.2) is 0 Å². The lowest BCUT2D eigenvalue weighted by molar-refractivity contribution is -0.0828. The van der Waals surface area contributed by atoms with Gasteiger partial charge in [-0.05, 0) is 20.3 Å². The van der Waals surface area contributed by atoms with E-state index < -0.39 is 0 Å². The normalized spacial score (nSPS) is 13.9. The highest BCUT2D eigenvalue weighted by Crippen LogP contribution is 2.02. The molecule has 0 bridgehead atoms. The summed E-state index contributed by atoms with van der Waals surface area (Å²) in [4.78, 5) is 0. The van der Waals surface area contributed by atoms with Gasteiger partial charge in [0.2, 0.25) is 0 Å². The number of rotatable bonds is 12. The van der Waals surface area contributed by atoms with E-state index in [4.69, 9.17) is 14.2 Å². The first-order valence-electron chi connectivity index (χ1n) is 6.34. The van der Waals surface area contributed by atoms with E-state index in [0.29, 0.717) is 6.61 Å². The first-order valence-corrected chi connectivity index (χ1v) is 9.30. The van der Waals surface area contributed by atoms with Crippen LogP contribution in [-0.2, 0) is 14.2 Å². The zero-order valence-corrected chi connectivity index (χ0v) is 14.1. The van der Waals surface area contributed by atoms with Gasteiger partial charge in [-0.3, -0.25) is 0 Å². The molecule has 0 amide bonds. The molecular formula is C11H26O3S2Si. The molecule has 104 valence electrons. The summed E-state index contributed by atoms with van der Waals surface area (Å²) in [5.41, 5.74) is 0. The Bertz CT molecular complexity index is 158. The molecule has 0 spiro atoms. The minimum absolute atomic E-state index is 0.0834. The molecule has 0 saturated carbocycles. The number of thiol groups is 2. The van der Waals surface area contributed by atoms with Crippen molar-refractivity contribution in [1.82, 2.24) is 0 Å². The second-order valence-electron chi connectivity index (χ2n) is 3.75. The number of hydrogen-bond donors (Lipinski definition) is 2. The maximum Gasteiger partial charge on any atom is 0.134 e. The molecule has 17 heavy (non-hydrogen) atoms. The van der Waals surface area contributed by atoms with Crippen LogP contribution in [0.25, 0.3) is 0 Å². The van der Waals surface area contributed by atoms with Gasteiger partial charge in [0.25, 0.3) is 0 Å². The average Bonchev–Trinajstić information content (AvgIpc) is 2.33. The van der Waals surface area contributed by atoms with Crippen LogP contribution in [0, 0.1) is 0 Å². The molecule has 0 rings (SSSR count). The molecule has 6 heteroatoms. The van der Waals surface area contributed by atoms with E-state index in [9.17, 15) is 0 Å². The van der Waals surface area contributed by atoms with Crippen LogP contribution in [0.2, 0.25) is 6.04 Å². The molecule has 0 N–H and O–H groups in total. The summed E-state index contributed by atoms with van der Waals surface area (Å²) in [6, 6.07) is 1.20. The summed E-state index contributed by atoms with van der Waals surface area (Å²) in [6.45, 7) is 6.98. The van der Waals surface area contributed by atoms with E-state index in [0.717, 1.165) is 32.0 Å². The zero-order valence-electron chi connectivity index (χ0n) is 10.9. The van der Waals surface area contributed by atoms with Crippen LogP contribution >= 0.6 is 25.3 Å². The van der Waals surface area contributed by atoms with Gasteiger partial charge in [0.15, 0.2) is 0 Å². The Morgan fingerprint density at radius 3 is 2.35 bits per heavy atom. The van der Waals surface area contributed by atoms with Crippen molar-refractivity contribution in [3.63, 3.8) is 0 Å². The van der Waals surface area contributed by atoms with Crippen molar-refractivity contribution in [3.05, 3.63) is 0 Å². The number of ether oxygens (including phenoxy) is 3. The Morgan fingerprint density at radius 1 is 1.18 bits per heavy atom. The molecule has 0 saturated heterocycles. The van der Waals surface area contributed by atoms with Gasteiger partial charge in [-0.25, -0.2) is 0 Å². The number of hydrogen-bond acceptors (Lipinski definition) is 5. The van der Waals surface area contributed by atoms with Gasteiger partial charge in [-0.15, -0.1) is 0 Å². The molecule has 0 radical (unpaired) electrons. The molecule has 0 aliphatic carbocycles. The molecule has 3 nitrogen and oxygen atoms in total. The monoisotopic (exact) mass is 298 g/mol. The van der Waals surface area contributed by atoms with Crippen LogP contribution in [0.5, 0.6) is 0 Å². The smallest absolute Gasteiger partial charge is 0.134 e. The molecule has 0 aromatic rings. The molecular weight excluding hydrogens is 272 g/mol. The summed E-state index contributed by atoms with van der Waals surface area (Å²) in [5, 5.41) is 0.246. The summed E-state index contributed by atoms with van der Waals surface area (Å²) >= 11 is 8.46. The van der Waals surface area contributed by atoms with Gasteiger partial charge in [0, 0.05) is 30.8 Å². The topological polar surface area (TPSA) is 27.7 Å². The average molecular weight is 299 g/mol. The maximum atomic E-state index is 5.52. The van der Waals surface area contributed by atoms with Crippen LogP contribution < -0.4 is 0 Å². The maximum absolute atomic E-state index is 5.52. The van der Waals surface area contributed by atoms with E-state index >= 15 is 0 Å². The second kappa shape index (κ2) is 13.2. The molecule has 0 aromatic carbocycles. The minimum atomic E-state index is -0.308. The Labute approximate surface area is 119 Å². The van der Waals surface area contributed by atoms with Crippen LogP contribution in [-0.4, -0.2) is 52.9 Å². The lowest BCUT2D eigenvalue weighted by Crippen LogP contribution is -2.24. The Balaban J connectivity index is 3.35. The molecule has 1 unspecified atom stereocenters. The van der Waals surface area contributed by atoms with Crippen molar-refractivity contribution in [2.24, 2.45) is 0 Å². The minimum Gasteiger partial charge on any atom is -0.380 e. The third-order valence-electron chi connectivity index (χ3n) is 2.20. The molecule has 0 heterocycles. The molecule has 0 fully saturated rings. The SMILES string of the molecule is CCOC(OCC)[SiH2]CCCOCC(S)CS. The Hall–Kier alpha value is 0.797. The van der Waals surface area contributed by atoms with Crippen LogP contribution in [0.1, 0.15) is 20.3 Å². The fraction of sp³-hybridized carbons (Fsp3) is 1.00. The van der Waals surface area contributed by atoms with E-state index in [1.54, 1.807) is 0 Å². The van der Waals surface area contributed by atoms with E-state index in [1.807, 2.05) is 13.8 Å². The molecule has 0 aromatic heterocycles. The van der Waals surface area contributed by atoms with Crippen molar-refractivity contribution in [1.29, 1.82) is 0 Å². The second-order valence-corrected chi connectivity index (χ2v) is 6.79. The van der Waals surface area contributed by atoms with E-state index in [2.05, 4.69) is 25.3 Å². The highest BCUT2D eigenvalue weighted by molar-refractivity contribution is 7.84. The van der Waals surface area contributed by atoms with Crippen molar-refractivity contribution >= 4 is 34.8 Å². The summed E-state index contributed by atoms with van der Waals surface area (Å²) in [6.07, 6.45) is 1.09. The first kappa shape index (κ1) is 17.8. The van der Waals surface area contributed by atoms with E-state index in [1.165, 1.54) is 6.04 Å².